The fourth-order valence-corrected chi connectivity index (χ4v) is 4.88. The summed E-state index contributed by atoms with van der Waals surface area (Å²) in [6.45, 7) is 4.09. The van der Waals surface area contributed by atoms with Crippen LogP contribution < -0.4 is 16.8 Å². The second kappa shape index (κ2) is 7.11. The van der Waals surface area contributed by atoms with Crippen LogP contribution in [0.4, 0.5) is 0 Å². The molecule has 1 aromatic heterocycles. The Balaban J connectivity index is 1.61. The van der Waals surface area contributed by atoms with Gasteiger partial charge in [-0.2, -0.15) is 0 Å². The highest BCUT2D eigenvalue weighted by atomic mass is 16.5. The predicted molar refractivity (Wildman–Crippen MR) is 107 cm³/mol. The van der Waals surface area contributed by atoms with Crippen LogP contribution in [0.3, 0.4) is 0 Å². The van der Waals surface area contributed by atoms with Gasteiger partial charge in [0.05, 0.1) is 0 Å². The summed E-state index contributed by atoms with van der Waals surface area (Å²) in [6, 6.07) is 4.64. The van der Waals surface area contributed by atoms with Crippen molar-refractivity contribution in [3.63, 3.8) is 0 Å². The first-order valence-corrected chi connectivity index (χ1v) is 9.81. The molecule has 3 aliphatic rings. The van der Waals surface area contributed by atoms with E-state index in [0.717, 1.165) is 31.6 Å². The minimum Gasteiger partial charge on any atom is -0.374 e. The Kier molecular flexibility index (Phi) is 4.94. The SMILES string of the molecule is CNC1(N)C=C2CCN3C[C@@H](c4cc(C)ccn4)[C@H](N)C[C@@H]3C2=CC1OC. The Morgan fingerprint density at radius 1 is 1.41 bits per heavy atom. The zero-order valence-electron chi connectivity index (χ0n) is 16.5. The minimum atomic E-state index is -0.652. The molecule has 0 amide bonds. The lowest BCUT2D eigenvalue weighted by Gasteiger charge is -2.49. The van der Waals surface area contributed by atoms with Crippen LogP contribution in [0.2, 0.25) is 0 Å². The van der Waals surface area contributed by atoms with Crippen LogP contribution in [0.5, 0.6) is 0 Å². The topological polar surface area (TPSA) is 89.4 Å². The predicted octanol–water partition coefficient (Wildman–Crippen LogP) is 1.03. The number of ether oxygens (including phenoxy) is 1. The van der Waals surface area contributed by atoms with Gasteiger partial charge in [-0.1, -0.05) is 0 Å². The monoisotopic (exact) mass is 369 g/mol. The minimum absolute atomic E-state index is 0.0932. The highest BCUT2D eigenvalue weighted by Crippen LogP contribution is 2.41. The van der Waals surface area contributed by atoms with Gasteiger partial charge in [-0.15, -0.1) is 0 Å². The Morgan fingerprint density at radius 2 is 2.22 bits per heavy atom. The van der Waals surface area contributed by atoms with Crippen LogP contribution in [-0.4, -0.2) is 61.0 Å². The highest BCUT2D eigenvalue weighted by molar-refractivity contribution is 5.46. The lowest BCUT2D eigenvalue weighted by Crippen LogP contribution is -2.62. The molecule has 2 fully saturated rings. The summed E-state index contributed by atoms with van der Waals surface area (Å²) in [4.78, 5) is 7.18. The van der Waals surface area contributed by atoms with Crippen molar-refractivity contribution in [1.29, 1.82) is 0 Å². The van der Waals surface area contributed by atoms with E-state index in [9.17, 15) is 0 Å². The third kappa shape index (κ3) is 3.26. The van der Waals surface area contributed by atoms with Gasteiger partial charge < -0.3 is 16.2 Å². The van der Waals surface area contributed by atoms with E-state index in [1.54, 1.807) is 7.11 Å². The molecule has 2 unspecified atom stereocenters. The second-order valence-electron chi connectivity index (χ2n) is 8.16. The molecular weight excluding hydrogens is 338 g/mol. The van der Waals surface area contributed by atoms with E-state index in [1.165, 1.54) is 16.7 Å². The van der Waals surface area contributed by atoms with Crippen molar-refractivity contribution in [1.82, 2.24) is 15.2 Å². The summed E-state index contributed by atoms with van der Waals surface area (Å²) >= 11 is 0. The Bertz CT molecular complexity index is 776. The van der Waals surface area contributed by atoms with Crippen molar-refractivity contribution in [3.05, 3.63) is 52.9 Å². The highest BCUT2D eigenvalue weighted by Gasteiger charge is 2.44. The third-order valence-corrected chi connectivity index (χ3v) is 6.50. The average molecular weight is 370 g/mol. The number of pyridine rings is 1. The zero-order chi connectivity index (χ0) is 19.2. The number of likely N-dealkylation sites (N-methyl/N-ethyl adjacent to an activating group) is 1. The van der Waals surface area contributed by atoms with Crippen molar-refractivity contribution < 1.29 is 4.74 Å². The van der Waals surface area contributed by atoms with Crippen LogP contribution in [0.1, 0.15) is 30.0 Å². The van der Waals surface area contributed by atoms with Crippen LogP contribution in [0.25, 0.3) is 0 Å². The number of hydrogen-bond donors (Lipinski definition) is 3. The third-order valence-electron chi connectivity index (χ3n) is 6.50. The van der Waals surface area contributed by atoms with Gasteiger partial charge in [0, 0.05) is 50.1 Å². The van der Waals surface area contributed by atoms with E-state index in [4.69, 9.17) is 16.2 Å². The molecule has 0 aromatic carbocycles. The number of hydrogen-bond acceptors (Lipinski definition) is 6. The largest absolute Gasteiger partial charge is 0.374 e. The Hall–Kier alpha value is -1.57. The maximum atomic E-state index is 6.65. The number of aryl methyl sites for hydroxylation is 1. The summed E-state index contributed by atoms with van der Waals surface area (Å²) in [5, 5.41) is 3.21. The molecule has 0 radical (unpaired) electrons. The van der Waals surface area contributed by atoms with Crippen molar-refractivity contribution in [2.45, 2.75) is 49.5 Å². The van der Waals surface area contributed by atoms with E-state index in [2.05, 4.69) is 40.3 Å². The molecule has 0 bridgehead atoms. The summed E-state index contributed by atoms with van der Waals surface area (Å²) < 4.78 is 5.69. The second-order valence-corrected chi connectivity index (χ2v) is 8.16. The molecule has 0 saturated carbocycles. The van der Waals surface area contributed by atoms with Gasteiger partial charge in [0.1, 0.15) is 11.8 Å². The van der Waals surface area contributed by atoms with Gasteiger partial charge in [0.2, 0.25) is 0 Å². The van der Waals surface area contributed by atoms with Crippen molar-refractivity contribution in [2.24, 2.45) is 11.5 Å². The van der Waals surface area contributed by atoms with E-state index < -0.39 is 5.66 Å². The maximum absolute atomic E-state index is 6.65. The molecule has 1 aliphatic carbocycles. The van der Waals surface area contributed by atoms with Crippen LogP contribution in [0, 0.1) is 6.92 Å². The number of nitrogens with one attached hydrogen (secondary N) is 1. The summed E-state index contributed by atoms with van der Waals surface area (Å²) in [6.07, 6.45) is 8.01. The molecule has 146 valence electrons. The van der Waals surface area contributed by atoms with Crippen molar-refractivity contribution in [2.75, 3.05) is 27.2 Å². The number of rotatable bonds is 3. The van der Waals surface area contributed by atoms with Crippen LogP contribution in [0.15, 0.2) is 41.6 Å². The maximum Gasteiger partial charge on any atom is 0.116 e. The van der Waals surface area contributed by atoms with Crippen molar-refractivity contribution in [3.8, 4) is 0 Å². The first-order valence-electron chi connectivity index (χ1n) is 9.81. The van der Waals surface area contributed by atoms with Gasteiger partial charge in [-0.25, -0.2) is 0 Å². The molecular formula is C21H31N5O. The van der Waals surface area contributed by atoms with Crippen molar-refractivity contribution >= 4 is 0 Å². The first kappa shape index (κ1) is 18.8. The number of aromatic nitrogens is 1. The van der Waals surface area contributed by atoms with Crippen LogP contribution in [-0.2, 0) is 4.74 Å². The number of methoxy groups -OCH3 is 1. The summed E-state index contributed by atoms with van der Waals surface area (Å²) in [5.74, 6) is 0.278. The molecule has 2 saturated heterocycles. The molecule has 6 nitrogen and oxygen atoms in total. The summed E-state index contributed by atoms with van der Waals surface area (Å²) in [5.41, 5.74) is 17.6. The lowest BCUT2D eigenvalue weighted by molar-refractivity contribution is 0.0706. The standard InChI is InChI=1S/C21H31N5O/c1-13-4-6-25-18(8-13)16-12-26-7-5-14-11-21(23,24-2)20(27-3)9-15(14)19(26)10-17(16)22/h4,6,8-9,11,16-17,19-20,24H,5,7,10,12,22-23H2,1-3H3/t16-,17-,19-,20?,21?/m1/s1. The molecule has 5 atom stereocenters. The average Bonchev–Trinajstić information content (AvgIpc) is 2.67. The number of nitrogens with zero attached hydrogens (tertiary/aromatic N) is 2. The van der Waals surface area contributed by atoms with E-state index in [-0.39, 0.29) is 18.1 Å². The van der Waals surface area contributed by atoms with E-state index in [0.29, 0.717) is 6.04 Å². The number of piperidine rings is 2. The normalized spacial score (nSPS) is 36.5. The van der Waals surface area contributed by atoms with Gasteiger partial charge >= 0.3 is 0 Å². The Morgan fingerprint density at radius 3 is 2.93 bits per heavy atom. The number of nitrogens with two attached hydrogens (primary N) is 2. The molecule has 5 N–H and O–H groups in total. The lowest BCUT2D eigenvalue weighted by atomic mass is 9.75. The van der Waals surface area contributed by atoms with Gasteiger partial charge in [0.15, 0.2) is 0 Å². The molecule has 6 heteroatoms. The fourth-order valence-electron chi connectivity index (χ4n) is 4.88. The van der Waals surface area contributed by atoms with E-state index in [1.807, 2.05) is 19.3 Å². The Labute approximate surface area is 161 Å². The zero-order valence-corrected chi connectivity index (χ0v) is 16.5. The molecule has 2 aliphatic heterocycles. The van der Waals surface area contributed by atoms with E-state index >= 15 is 0 Å². The molecule has 3 heterocycles. The molecule has 1 aromatic rings. The fraction of sp³-hybridized carbons (Fsp3) is 0.571. The van der Waals surface area contributed by atoms with Crippen LogP contribution >= 0.6 is 0 Å². The first-order chi connectivity index (χ1) is 12.9. The molecule has 4 rings (SSSR count). The molecule has 0 spiro atoms. The van der Waals surface area contributed by atoms with Gasteiger partial charge in [-0.3, -0.25) is 15.2 Å². The smallest absolute Gasteiger partial charge is 0.116 e. The van der Waals surface area contributed by atoms with Gasteiger partial charge in [0.25, 0.3) is 0 Å². The number of fused-ring (bicyclic) bond motifs is 3. The quantitative estimate of drug-likeness (QED) is 0.690. The summed E-state index contributed by atoms with van der Waals surface area (Å²) in [7, 11) is 3.60. The van der Waals surface area contributed by atoms with Gasteiger partial charge in [-0.05, 0) is 67.8 Å². The molecule has 27 heavy (non-hydrogen) atoms.